The monoisotopic (exact) mass is 497 g/mol. The number of aromatic nitrogens is 1. The van der Waals surface area contributed by atoms with Gasteiger partial charge in [0.15, 0.2) is 0 Å². The minimum absolute atomic E-state index is 0.0557. The summed E-state index contributed by atoms with van der Waals surface area (Å²) in [6.07, 6.45) is 3.72. The third-order valence-corrected chi connectivity index (χ3v) is 7.75. The van der Waals surface area contributed by atoms with Crippen molar-refractivity contribution in [2.45, 2.75) is 56.5 Å². The molecule has 1 saturated carbocycles. The van der Waals surface area contributed by atoms with Gasteiger partial charge in [0.05, 0.1) is 11.7 Å². The highest BCUT2D eigenvalue weighted by molar-refractivity contribution is 9.10. The zero-order chi connectivity index (χ0) is 21.9. The number of nitrogens with one attached hydrogen (secondary N) is 2. The summed E-state index contributed by atoms with van der Waals surface area (Å²) in [6, 6.07) is 7.17. The predicted octanol–water partition coefficient (Wildman–Crippen LogP) is 4.01. The van der Waals surface area contributed by atoms with Crippen molar-refractivity contribution in [2.24, 2.45) is 5.92 Å². The van der Waals surface area contributed by atoms with Crippen LogP contribution in [0.15, 0.2) is 45.9 Å². The largest absolute Gasteiger partial charge is 0.349 e. The average Bonchev–Trinajstić information content (AvgIpc) is 2.70. The maximum Gasteiger partial charge on any atom is 0.242 e. The second-order valence-corrected chi connectivity index (χ2v) is 10.3. The molecule has 1 heterocycles. The van der Waals surface area contributed by atoms with E-state index in [1.807, 2.05) is 6.92 Å². The highest BCUT2D eigenvalue weighted by Gasteiger charge is 2.30. The first kappa shape index (κ1) is 22.8. The van der Waals surface area contributed by atoms with Gasteiger partial charge in [0.1, 0.15) is 10.7 Å². The second-order valence-electron chi connectivity index (χ2n) is 7.69. The summed E-state index contributed by atoms with van der Waals surface area (Å²) >= 11 is 3.31. The molecular weight excluding hydrogens is 473 g/mol. The molecule has 1 fully saturated rings. The van der Waals surface area contributed by atoms with Gasteiger partial charge in [0, 0.05) is 22.6 Å². The number of sulfonamides is 1. The molecule has 0 aliphatic heterocycles. The standard InChI is InChI=1S/C21H25BrFN3O3S/c1-13(15-3-7-17(23)8-4-15)25-21(27)16-5-9-18(10-6-16)26-30(28,29)19-11-20(22)14(2)24-12-19/h3-4,7-8,11-13,16,18,26H,5-6,9-10H2,1-2H3,(H,25,27). The van der Waals surface area contributed by atoms with Crippen LogP contribution in [0.5, 0.6) is 0 Å². The summed E-state index contributed by atoms with van der Waals surface area (Å²) in [5.74, 6) is -0.532. The topological polar surface area (TPSA) is 88.2 Å². The Bertz CT molecular complexity index is 1010. The molecule has 1 aromatic heterocycles. The Morgan fingerprint density at radius 1 is 1.20 bits per heavy atom. The van der Waals surface area contributed by atoms with E-state index < -0.39 is 10.0 Å². The molecule has 6 nitrogen and oxygen atoms in total. The minimum atomic E-state index is -3.67. The number of hydrogen-bond acceptors (Lipinski definition) is 4. The highest BCUT2D eigenvalue weighted by Crippen LogP contribution is 2.27. The van der Waals surface area contributed by atoms with Crippen molar-refractivity contribution in [2.75, 3.05) is 0 Å². The zero-order valence-corrected chi connectivity index (χ0v) is 19.3. The number of aryl methyl sites for hydroxylation is 1. The average molecular weight is 498 g/mol. The van der Waals surface area contributed by atoms with E-state index in [4.69, 9.17) is 0 Å². The van der Waals surface area contributed by atoms with E-state index in [1.54, 1.807) is 25.1 Å². The second kappa shape index (κ2) is 9.53. The lowest BCUT2D eigenvalue weighted by atomic mass is 9.85. The molecule has 0 spiro atoms. The van der Waals surface area contributed by atoms with E-state index in [0.717, 1.165) is 11.3 Å². The van der Waals surface area contributed by atoms with Crippen LogP contribution in [0.25, 0.3) is 0 Å². The number of carbonyl (C=O) groups is 1. The summed E-state index contributed by atoms with van der Waals surface area (Å²) in [4.78, 5) is 16.8. The van der Waals surface area contributed by atoms with Gasteiger partial charge < -0.3 is 5.32 Å². The molecule has 3 rings (SSSR count). The molecular formula is C21H25BrFN3O3S. The number of amides is 1. The molecule has 1 aromatic carbocycles. The van der Waals surface area contributed by atoms with Gasteiger partial charge in [-0.25, -0.2) is 17.5 Å². The van der Waals surface area contributed by atoms with Crippen LogP contribution in [-0.2, 0) is 14.8 Å². The maximum absolute atomic E-state index is 13.1. The number of benzene rings is 1. The fourth-order valence-corrected chi connectivity index (χ4v) is 5.34. The van der Waals surface area contributed by atoms with Gasteiger partial charge in [-0.1, -0.05) is 12.1 Å². The molecule has 2 aromatic rings. The van der Waals surface area contributed by atoms with Crippen LogP contribution < -0.4 is 10.0 Å². The molecule has 0 bridgehead atoms. The Hall–Kier alpha value is -1.84. The first-order valence-electron chi connectivity index (χ1n) is 9.86. The minimum Gasteiger partial charge on any atom is -0.349 e. The molecule has 1 amide bonds. The normalized spacial score (nSPS) is 20.5. The van der Waals surface area contributed by atoms with Gasteiger partial charge in [0.2, 0.25) is 15.9 Å². The van der Waals surface area contributed by atoms with E-state index in [0.29, 0.717) is 30.2 Å². The van der Waals surface area contributed by atoms with Crippen LogP contribution >= 0.6 is 15.9 Å². The Balaban J connectivity index is 1.53. The molecule has 1 unspecified atom stereocenters. The summed E-state index contributed by atoms with van der Waals surface area (Å²) in [5, 5.41) is 2.97. The number of rotatable bonds is 6. The van der Waals surface area contributed by atoms with Crippen LogP contribution in [0.3, 0.4) is 0 Å². The first-order chi connectivity index (χ1) is 14.2. The third-order valence-electron chi connectivity index (χ3n) is 5.46. The Morgan fingerprint density at radius 3 is 2.43 bits per heavy atom. The number of carbonyl (C=O) groups excluding carboxylic acids is 1. The van der Waals surface area contributed by atoms with Gasteiger partial charge in [-0.2, -0.15) is 0 Å². The molecule has 0 saturated heterocycles. The fraction of sp³-hybridized carbons (Fsp3) is 0.429. The van der Waals surface area contributed by atoms with E-state index in [1.165, 1.54) is 18.3 Å². The summed E-state index contributed by atoms with van der Waals surface area (Å²) in [6.45, 7) is 3.65. The quantitative estimate of drug-likeness (QED) is 0.630. The van der Waals surface area contributed by atoms with E-state index in [-0.39, 0.29) is 34.6 Å². The maximum atomic E-state index is 13.1. The summed E-state index contributed by atoms with van der Waals surface area (Å²) < 4.78 is 41.7. The molecule has 30 heavy (non-hydrogen) atoms. The van der Waals surface area contributed by atoms with Crippen molar-refractivity contribution in [1.82, 2.24) is 15.0 Å². The van der Waals surface area contributed by atoms with Gasteiger partial charge in [-0.3, -0.25) is 9.78 Å². The third kappa shape index (κ3) is 5.65. The van der Waals surface area contributed by atoms with Crippen molar-refractivity contribution in [3.8, 4) is 0 Å². The lowest BCUT2D eigenvalue weighted by molar-refractivity contribution is -0.126. The number of nitrogens with zero attached hydrogens (tertiary/aromatic N) is 1. The van der Waals surface area contributed by atoms with Crippen molar-refractivity contribution in [3.63, 3.8) is 0 Å². The lowest BCUT2D eigenvalue weighted by Gasteiger charge is -2.29. The number of halogens is 2. The van der Waals surface area contributed by atoms with Crippen molar-refractivity contribution < 1.29 is 17.6 Å². The van der Waals surface area contributed by atoms with Gasteiger partial charge in [0.25, 0.3) is 0 Å². The van der Waals surface area contributed by atoms with E-state index in [9.17, 15) is 17.6 Å². The molecule has 1 aliphatic rings. The number of hydrogen-bond donors (Lipinski definition) is 2. The SMILES string of the molecule is Cc1ncc(S(=O)(=O)NC2CCC(C(=O)NC(C)c3ccc(F)cc3)CC2)cc1Br. The first-order valence-corrected chi connectivity index (χ1v) is 12.1. The smallest absolute Gasteiger partial charge is 0.242 e. The van der Waals surface area contributed by atoms with Crippen LogP contribution in [-0.4, -0.2) is 25.4 Å². The van der Waals surface area contributed by atoms with Gasteiger partial charge >= 0.3 is 0 Å². The predicted molar refractivity (Wildman–Crippen MR) is 116 cm³/mol. The molecule has 162 valence electrons. The van der Waals surface area contributed by atoms with Crippen LogP contribution in [0, 0.1) is 18.7 Å². The van der Waals surface area contributed by atoms with Crippen molar-refractivity contribution in [1.29, 1.82) is 0 Å². The molecule has 9 heteroatoms. The fourth-order valence-electron chi connectivity index (χ4n) is 3.56. The van der Waals surface area contributed by atoms with Crippen LogP contribution in [0.2, 0.25) is 0 Å². The summed E-state index contributed by atoms with van der Waals surface area (Å²) in [7, 11) is -3.67. The van der Waals surface area contributed by atoms with Gasteiger partial charge in [-0.15, -0.1) is 0 Å². The number of pyridine rings is 1. The Morgan fingerprint density at radius 2 is 1.83 bits per heavy atom. The van der Waals surface area contributed by atoms with Gasteiger partial charge in [-0.05, 0) is 79.2 Å². The zero-order valence-electron chi connectivity index (χ0n) is 16.9. The van der Waals surface area contributed by atoms with Crippen LogP contribution in [0.1, 0.15) is 49.9 Å². The van der Waals surface area contributed by atoms with E-state index in [2.05, 4.69) is 31.0 Å². The summed E-state index contributed by atoms with van der Waals surface area (Å²) in [5.41, 5.74) is 1.56. The molecule has 2 N–H and O–H groups in total. The molecule has 1 aliphatic carbocycles. The van der Waals surface area contributed by atoms with Crippen molar-refractivity contribution >= 4 is 31.9 Å². The Kier molecular flexibility index (Phi) is 7.26. The Labute approximate surface area is 184 Å². The molecule has 0 radical (unpaired) electrons. The van der Waals surface area contributed by atoms with Crippen molar-refractivity contribution in [3.05, 3.63) is 58.1 Å². The van der Waals surface area contributed by atoms with Crippen LogP contribution in [0.4, 0.5) is 4.39 Å². The molecule has 1 atom stereocenters. The highest BCUT2D eigenvalue weighted by atomic mass is 79.9. The lowest BCUT2D eigenvalue weighted by Crippen LogP contribution is -2.41. The van der Waals surface area contributed by atoms with E-state index >= 15 is 0 Å².